The lowest BCUT2D eigenvalue weighted by molar-refractivity contribution is -0.117. The molecule has 3 rings (SSSR count). The summed E-state index contributed by atoms with van der Waals surface area (Å²) >= 11 is 0. The molecule has 0 aromatic heterocycles. The van der Waals surface area contributed by atoms with Crippen LogP contribution in [0.3, 0.4) is 0 Å². The molecule has 1 heterocycles. The highest BCUT2D eigenvalue weighted by atomic mass is 16.4. The van der Waals surface area contributed by atoms with Gasteiger partial charge in [0.1, 0.15) is 0 Å². The second-order valence-corrected chi connectivity index (χ2v) is 5.18. The highest BCUT2D eigenvalue weighted by Gasteiger charge is 2.27. The van der Waals surface area contributed by atoms with Crippen molar-refractivity contribution in [3.63, 3.8) is 0 Å². The molecule has 1 atom stereocenters. The average Bonchev–Trinajstić information content (AvgIpc) is 2.67. The molecule has 3 N–H and O–H groups in total. The predicted molar refractivity (Wildman–Crippen MR) is 86.8 cm³/mol. The Bertz CT molecular complexity index is 800. The van der Waals surface area contributed by atoms with Crippen LogP contribution in [0.25, 0.3) is 0 Å². The topological polar surface area (TPSA) is 90.8 Å². The molecule has 0 saturated heterocycles. The summed E-state index contributed by atoms with van der Waals surface area (Å²) in [5, 5.41) is 13.9. The third-order valence-electron chi connectivity index (χ3n) is 3.59. The van der Waals surface area contributed by atoms with Gasteiger partial charge in [0.05, 0.1) is 11.4 Å². The number of hydrogen-bond donors (Lipinski definition) is 3. The number of benzene rings is 2. The zero-order chi connectivity index (χ0) is 16.4. The van der Waals surface area contributed by atoms with Crippen molar-refractivity contribution in [1.82, 2.24) is 5.32 Å². The third kappa shape index (κ3) is 2.91. The first kappa shape index (κ1) is 14.8. The van der Waals surface area contributed by atoms with Crippen LogP contribution >= 0.6 is 0 Å². The Kier molecular flexibility index (Phi) is 3.80. The van der Waals surface area contributed by atoms with Crippen LogP contribution in [0.15, 0.2) is 53.5 Å². The Morgan fingerprint density at radius 3 is 2.61 bits per heavy atom. The van der Waals surface area contributed by atoms with Gasteiger partial charge < -0.3 is 10.4 Å². The van der Waals surface area contributed by atoms with Gasteiger partial charge in [0.2, 0.25) is 6.17 Å². The molecule has 1 aliphatic heterocycles. The van der Waals surface area contributed by atoms with Crippen molar-refractivity contribution < 1.29 is 14.7 Å². The number of nitrogens with zero attached hydrogens (tertiary/aromatic N) is 1. The number of rotatable bonds is 2. The lowest BCUT2D eigenvalue weighted by Crippen LogP contribution is -2.41. The first-order valence-corrected chi connectivity index (χ1v) is 7.10. The maximum absolute atomic E-state index is 12.3. The fourth-order valence-corrected chi connectivity index (χ4v) is 2.52. The molecule has 2 aromatic rings. The minimum atomic E-state index is -1.30. The van der Waals surface area contributed by atoms with Gasteiger partial charge in [-0.2, -0.15) is 0 Å². The number of benzodiazepines with no additional fused rings is 1. The van der Waals surface area contributed by atoms with E-state index in [1.54, 1.807) is 0 Å². The molecular weight excluding hydrogens is 294 g/mol. The largest absolute Gasteiger partial charge is 0.465 e. The summed E-state index contributed by atoms with van der Waals surface area (Å²) < 4.78 is 0. The number of aryl methyl sites for hydroxylation is 1. The number of aliphatic imine (C=N–C) groups is 1. The van der Waals surface area contributed by atoms with Crippen molar-refractivity contribution >= 4 is 23.4 Å². The quantitative estimate of drug-likeness (QED) is 0.795. The van der Waals surface area contributed by atoms with Crippen LogP contribution in [-0.2, 0) is 4.79 Å². The summed E-state index contributed by atoms with van der Waals surface area (Å²) in [5.74, 6) is -0.506. The van der Waals surface area contributed by atoms with Crippen LogP contribution in [0.2, 0.25) is 0 Å². The SMILES string of the molecule is Cc1cccc2c1NC(=O)C(NC(=O)O)N=C2c1ccccc1. The average molecular weight is 309 g/mol. The minimum Gasteiger partial charge on any atom is -0.465 e. The smallest absolute Gasteiger partial charge is 0.406 e. The number of amides is 2. The summed E-state index contributed by atoms with van der Waals surface area (Å²) in [6.07, 6.45) is -2.50. The number of hydrogen-bond acceptors (Lipinski definition) is 3. The zero-order valence-electron chi connectivity index (χ0n) is 12.4. The van der Waals surface area contributed by atoms with Crippen LogP contribution in [0.1, 0.15) is 16.7 Å². The van der Waals surface area contributed by atoms with E-state index in [0.29, 0.717) is 11.4 Å². The number of carbonyl (C=O) groups is 2. The van der Waals surface area contributed by atoms with E-state index >= 15 is 0 Å². The lowest BCUT2D eigenvalue weighted by atomic mass is 9.98. The summed E-state index contributed by atoms with van der Waals surface area (Å²) in [4.78, 5) is 27.6. The fourth-order valence-electron chi connectivity index (χ4n) is 2.52. The van der Waals surface area contributed by atoms with Gasteiger partial charge in [-0.3, -0.25) is 10.1 Å². The molecule has 1 unspecified atom stereocenters. The van der Waals surface area contributed by atoms with Crippen molar-refractivity contribution in [2.45, 2.75) is 13.1 Å². The van der Waals surface area contributed by atoms with Crippen molar-refractivity contribution in [2.75, 3.05) is 5.32 Å². The summed E-state index contributed by atoms with van der Waals surface area (Å²) in [5.41, 5.74) is 3.68. The summed E-state index contributed by atoms with van der Waals surface area (Å²) in [6.45, 7) is 1.88. The van der Waals surface area contributed by atoms with Crippen LogP contribution in [0, 0.1) is 6.92 Å². The third-order valence-corrected chi connectivity index (χ3v) is 3.59. The van der Waals surface area contributed by atoms with Gasteiger partial charge in [-0.05, 0) is 12.5 Å². The Morgan fingerprint density at radius 2 is 1.91 bits per heavy atom. The molecule has 2 amide bonds. The second-order valence-electron chi connectivity index (χ2n) is 5.18. The van der Waals surface area contributed by atoms with Gasteiger partial charge in [-0.1, -0.05) is 48.5 Å². The lowest BCUT2D eigenvalue weighted by Gasteiger charge is -2.12. The van der Waals surface area contributed by atoms with Crippen LogP contribution in [-0.4, -0.2) is 29.0 Å². The molecule has 0 aliphatic carbocycles. The van der Waals surface area contributed by atoms with E-state index in [9.17, 15) is 9.59 Å². The van der Waals surface area contributed by atoms with E-state index in [1.165, 1.54) is 0 Å². The van der Waals surface area contributed by atoms with Gasteiger partial charge in [-0.25, -0.2) is 9.79 Å². The molecule has 6 heteroatoms. The first-order chi connectivity index (χ1) is 11.1. The van der Waals surface area contributed by atoms with Gasteiger partial charge in [-0.15, -0.1) is 0 Å². The van der Waals surface area contributed by atoms with Crippen molar-refractivity contribution in [1.29, 1.82) is 0 Å². The Balaban J connectivity index is 2.19. The van der Waals surface area contributed by atoms with E-state index in [2.05, 4.69) is 15.6 Å². The van der Waals surface area contributed by atoms with Crippen LogP contribution < -0.4 is 10.6 Å². The zero-order valence-corrected chi connectivity index (χ0v) is 12.4. The molecule has 0 radical (unpaired) electrons. The van der Waals surface area contributed by atoms with E-state index < -0.39 is 18.2 Å². The van der Waals surface area contributed by atoms with Gasteiger partial charge in [0.25, 0.3) is 5.91 Å². The number of nitrogens with one attached hydrogen (secondary N) is 2. The molecule has 23 heavy (non-hydrogen) atoms. The molecule has 0 spiro atoms. The molecular formula is C17H15N3O3. The van der Waals surface area contributed by atoms with Crippen LogP contribution in [0.5, 0.6) is 0 Å². The van der Waals surface area contributed by atoms with E-state index in [4.69, 9.17) is 5.11 Å². The maximum atomic E-state index is 12.3. The van der Waals surface area contributed by atoms with Crippen molar-refractivity contribution in [3.8, 4) is 0 Å². The second kappa shape index (κ2) is 5.92. The summed E-state index contributed by atoms with van der Waals surface area (Å²) in [7, 11) is 0. The number of carbonyl (C=O) groups excluding carboxylic acids is 1. The van der Waals surface area contributed by atoms with E-state index in [1.807, 2.05) is 55.5 Å². The normalized spacial score (nSPS) is 16.7. The van der Waals surface area contributed by atoms with Gasteiger partial charge in [0.15, 0.2) is 0 Å². The van der Waals surface area contributed by atoms with E-state index in [0.717, 1.165) is 16.7 Å². The number of fused-ring (bicyclic) bond motifs is 1. The molecule has 6 nitrogen and oxygen atoms in total. The first-order valence-electron chi connectivity index (χ1n) is 7.10. The highest BCUT2D eigenvalue weighted by molar-refractivity contribution is 6.20. The fraction of sp³-hybridized carbons (Fsp3) is 0.118. The molecule has 0 saturated carbocycles. The van der Waals surface area contributed by atoms with E-state index in [-0.39, 0.29) is 0 Å². The highest BCUT2D eigenvalue weighted by Crippen LogP contribution is 2.26. The van der Waals surface area contributed by atoms with Crippen LogP contribution in [0.4, 0.5) is 10.5 Å². The Hall–Kier alpha value is -3.15. The van der Waals surface area contributed by atoms with Crippen molar-refractivity contribution in [3.05, 3.63) is 65.2 Å². The standard InChI is InChI=1S/C17H15N3O3/c1-10-6-5-9-12-13(10)19-16(21)15(20-17(22)23)18-14(12)11-7-3-2-4-8-11/h2-9,15,20H,1H3,(H,19,21)(H,22,23). The number of carboxylic acid groups (broad SMARTS) is 1. The number of para-hydroxylation sites is 1. The Labute approximate surface area is 132 Å². The molecule has 2 aromatic carbocycles. The maximum Gasteiger partial charge on any atom is 0.406 e. The number of anilines is 1. The Morgan fingerprint density at radius 1 is 1.17 bits per heavy atom. The van der Waals surface area contributed by atoms with Gasteiger partial charge >= 0.3 is 6.09 Å². The molecule has 1 aliphatic rings. The minimum absolute atomic E-state index is 0.506. The summed E-state index contributed by atoms with van der Waals surface area (Å²) in [6, 6.07) is 15.0. The molecule has 116 valence electrons. The van der Waals surface area contributed by atoms with Gasteiger partial charge in [0, 0.05) is 11.1 Å². The monoisotopic (exact) mass is 309 g/mol. The predicted octanol–water partition coefficient (Wildman–Crippen LogP) is 2.38. The van der Waals surface area contributed by atoms with Crippen molar-refractivity contribution in [2.24, 2.45) is 4.99 Å². The molecule has 0 bridgehead atoms. The molecule has 0 fully saturated rings.